The second-order valence-electron chi connectivity index (χ2n) is 5.17. The lowest BCUT2D eigenvalue weighted by Crippen LogP contribution is -2.07. The molecule has 0 bridgehead atoms. The van der Waals surface area contributed by atoms with Crippen molar-refractivity contribution in [3.63, 3.8) is 0 Å². The van der Waals surface area contributed by atoms with Crippen LogP contribution in [0, 0.1) is 19.7 Å². The Hall–Kier alpha value is -1.97. The predicted molar refractivity (Wildman–Crippen MR) is 76.3 cm³/mol. The Bertz CT molecular complexity index is 611. The van der Waals surface area contributed by atoms with E-state index in [1.807, 2.05) is 33.8 Å². The molecule has 0 aliphatic rings. The number of nitrogens with zero attached hydrogens (tertiary/aromatic N) is 2. The number of aromatic nitrogens is 2. The number of hydrogen-bond acceptors (Lipinski definition) is 3. The summed E-state index contributed by atoms with van der Waals surface area (Å²) in [7, 11) is 0. The minimum atomic E-state index is -0.260. The minimum absolute atomic E-state index is 0.241. The zero-order valence-electron chi connectivity index (χ0n) is 12.3. The van der Waals surface area contributed by atoms with Crippen molar-refractivity contribution in [2.24, 2.45) is 0 Å². The Morgan fingerprint density at radius 2 is 1.95 bits per heavy atom. The fourth-order valence-corrected chi connectivity index (χ4v) is 1.80. The van der Waals surface area contributed by atoms with E-state index in [0.29, 0.717) is 12.5 Å². The summed E-state index contributed by atoms with van der Waals surface area (Å²) in [5.74, 6) is 1.32. The second kappa shape index (κ2) is 5.99. The van der Waals surface area contributed by atoms with Crippen molar-refractivity contribution in [2.45, 2.75) is 40.2 Å². The van der Waals surface area contributed by atoms with E-state index in [2.05, 4.69) is 9.97 Å². The van der Waals surface area contributed by atoms with E-state index in [0.717, 1.165) is 22.6 Å². The molecule has 0 aliphatic heterocycles. The summed E-state index contributed by atoms with van der Waals surface area (Å²) in [6.45, 7) is 8.26. The molecule has 3 nitrogen and oxygen atoms in total. The van der Waals surface area contributed by atoms with Gasteiger partial charge < -0.3 is 4.74 Å². The summed E-state index contributed by atoms with van der Waals surface area (Å²) in [6.07, 6.45) is 0. The summed E-state index contributed by atoms with van der Waals surface area (Å²) in [5, 5.41) is 0. The third-order valence-corrected chi connectivity index (χ3v) is 3.14. The Labute approximate surface area is 118 Å². The molecule has 0 radical (unpaired) electrons. The summed E-state index contributed by atoms with van der Waals surface area (Å²) >= 11 is 0. The fourth-order valence-electron chi connectivity index (χ4n) is 1.80. The number of rotatable bonds is 4. The molecule has 106 valence electrons. The summed E-state index contributed by atoms with van der Waals surface area (Å²) in [5.41, 5.74) is 2.62. The summed E-state index contributed by atoms with van der Waals surface area (Å²) in [4.78, 5) is 8.89. The molecule has 4 heteroatoms. The van der Waals surface area contributed by atoms with Gasteiger partial charge in [-0.2, -0.15) is 4.98 Å². The number of ether oxygens (including phenoxy) is 1. The Balaban J connectivity index is 2.20. The quantitative estimate of drug-likeness (QED) is 0.847. The van der Waals surface area contributed by atoms with Gasteiger partial charge in [-0.3, -0.25) is 0 Å². The molecule has 0 aliphatic carbocycles. The lowest BCUT2D eigenvalue weighted by atomic mass is 10.2. The molecule has 0 atom stereocenters. The van der Waals surface area contributed by atoms with Crippen LogP contribution < -0.4 is 4.74 Å². The van der Waals surface area contributed by atoms with Gasteiger partial charge in [-0.15, -0.1) is 0 Å². The van der Waals surface area contributed by atoms with Crippen LogP contribution in [0.4, 0.5) is 4.39 Å². The van der Waals surface area contributed by atoms with Crippen molar-refractivity contribution in [3.05, 3.63) is 52.7 Å². The largest absolute Gasteiger partial charge is 0.473 e. The van der Waals surface area contributed by atoms with Crippen LogP contribution in [-0.2, 0) is 6.61 Å². The first-order chi connectivity index (χ1) is 9.47. The number of hydrogen-bond donors (Lipinski definition) is 0. The van der Waals surface area contributed by atoms with Gasteiger partial charge in [-0.25, -0.2) is 9.37 Å². The molecular weight excluding hydrogens is 255 g/mol. The minimum Gasteiger partial charge on any atom is -0.473 e. The molecule has 0 spiro atoms. The van der Waals surface area contributed by atoms with Crippen LogP contribution in [0.2, 0.25) is 0 Å². The molecule has 1 aromatic heterocycles. The van der Waals surface area contributed by atoms with Gasteiger partial charge in [-0.05, 0) is 31.5 Å². The van der Waals surface area contributed by atoms with Crippen LogP contribution in [0.5, 0.6) is 5.88 Å². The average Bonchev–Trinajstić information content (AvgIpc) is 2.40. The fraction of sp³-hybridized carbons (Fsp3) is 0.375. The molecule has 0 saturated heterocycles. The molecule has 0 amide bonds. The van der Waals surface area contributed by atoms with Crippen molar-refractivity contribution in [3.8, 4) is 5.88 Å². The first kappa shape index (κ1) is 14.4. The maximum absolute atomic E-state index is 13.1. The average molecular weight is 274 g/mol. The van der Waals surface area contributed by atoms with Crippen molar-refractivity contribution >= 4 is 0 Å². The first-order valence-electron chi connectivity index (χ1n) is 6.69. The van der Waals surface area contributed by atoms with Gasteiger partial charge in [0.25, 0.3) is 0 Å². The molecule has 0 N–H and O–H groups in total. The zero-order valence-corrected chi connectivity index (χ0v) is 12.3. The predicted octanol–water partition coefficient (Wildman–Crippen LogP) is 3.93. The van der Waals surface area contributed by atoms with Crippen LogP contribution >= 0.6 is 0 Å². The Kier molecular flexibility index (Phi) is 4.32. The highest BCUT2D eigenvalue weighted by atomic mass is 19.1. The number of benzene rings is 1. The van der Waals surface area contributed by atoms with Gasteiger partial charge in [0.1, 0.15) is 18.2 Å². The van der Waals surface area contributed by atoms with E-state index in [1.54, 1.807) is 6.07 Å². The standard InChI is InChI=1S/C16H19FN2O/c1-10(2)15-18-12(4)11(3)16(19-15)20-9-13-6-5-7-14(17)8-13/h5-8,10H,9H2,1-4H3. The van der Waals surface area contributed by atoms with Crippen LogP contribution in [-0.4, -0.2) is 9.97 Å². The van der Waals surface area contributed by atoms with Gasteiger partial charge in [0, 0.05) is 17.2 Å². The molecule has 2 aromatic rings. The van der Waals surface area contributed by atoms with Gasteiger partial charge >= 0.3 is 0 Å². The maximum atomic E-state index is 13.1. The molecule has 20 heavy (non-hydrogen) atoms. The zero-order chi connectivity index (χ0) is 14.7. The molecule has 1 heterocycles. The number of aryl methyl sites for hydroxylation is 1. The second-order valence-corrected chi connectivity index (χ2v) is 5.17. The smallest absolute Gasteiger partial charge is 0.220 e. The highest BCUT2D eigenvalue weighted by Crippen LogP contribution is 2.21. The highest BCUT2D eigenvalue weighted by molar-refractivity contribution is 5.29. The van der Waals surface area contributed by atoms with E-state index >= 15 is 0 Å². The molecule has 0 unspecified atom stereocenters. The summed E-state index contributed by atoms with van der Waals surface area (Å²) < 4.78 is 18.9. The number of halogens is 1. The van der Waals surface area contributed by atoms with Gasteiger partial charge in [-0.1, -0.05) is 26.0 Å². The topological polar surface area (TPSA) is 35.0 Å². The normalized spacial score (nSPS) is 10.9. The van der Waals surface area contributed by atoms with Crippen LogP contribution in [0.3, 0.4) is 0 Å². The van der Waals surface area contributed by atoms with Crippen molar-refractivity contribution < 1.29 is 9.13 Å². The van der Waals surface area contributed by atoms with Crippen molar-refractivity contribution in [1.82, 2.24) is 9.97 Å². The van der Waals surface area contributed by atoms with E-state index in [4.69, 9.17) is 4.74 Å². The lowest BCUT2D eigenvalue weighted by Gasteiger charge is -2.13. The van der Waals surface area contributed by atoms with Gasteiger partial charge in [0.05, 0.1) is 0 Å². The molecule has 1 aromatic carbocycles. The van der Waals surface area contributed by atoms with Crippen LogP contribution in [0.15, 0.2) is 24.3 Å². The highest BCUT2D eigenvalue weighted by Gasteiger charge is 2.11. The Morgan fingerprint density at radius 3 is 2.60 bits per heavy atom. The SMILES string of the molecule is Cc1nc(C(C)C)nc(OCc2cccc(F)c2)c1C. The molecule has 0 fully saturated rings. The van der Waals surface area contributed by atoms with E-state index in [9.17, 15) is 4.39 Å². The first-order valence-corrected chi connectivity index (χ1v) is 6.69. The van der Waals surface area contributed by atoms with E-state index in [1.165, 1.54) is 12.1 Å². The lowest BCUT2D eigenvalue weighted by molar-refractivity contribution is 0.288. The third kappa shape index (κ3) is 3.32. The van der Waals surface area contributed by atoms with Crippen LogP contribution in [0.25, 0.3) is 0 Å². The van der Waals surface area contributed by atoms with Crippen molar-refractivity contribution in [1.29, 1.82) is 0 Å². The van der Waals surface area contributed by atoms with E-state index in [-0.39, 0.29) is 11.7 Å². The summed E-state index contributed by atoms with van der Waals surface area (Å²) in [6, 6.07) is 6.38. The third-order valence-electron chi connectivity index (χ3n) is 3.14. The molecular formula is C16H19FN2O. The molecule has 0 saturated carbocycles. The Morgan fingerprint density at radius 1 is 1.20 bits per heavy atom. The monoisotopic (exact) mass is 274 g/mol. The van der Waals surface area contributed by atoms with Gasteiger partial charge in [0.2, 0.25) is 5.88 Å². The van der Waals surface area contributed by atoms with Crippen molar-refractivity contribution in [2.75, 3.05) is 0 Å². The van der Waals surface area contributed by atoms with Gasteiger partial charge in [0.15, 0.2) is 0 Å². The molecule has 2 rings (SSSR count). The maximum Gasteiger partial charge on any atom is 0.220 e. The van der Waals surface area contributed by atoms with Crippen LogP contribution in [0.1, 0.15) is 42.4 Å². The van der Waals surface area contributed by atoms with E-state index < -0.39 is 0 Å².